The summed E-state index contributed by atoms with van der Waals surface area (Å²) in [6, 6.07) is 0.352. The molecule has 0 N–H and O–H groups in total. The summed E-state index contributed by atoms with van der Waals surface area (Å²) < 4.78 is 9.40. The van der Waals surface area contributed by atoms with E-state index < -0.39 is 0 Å². The Hall–Kier alpha value is -1.78. The smallest absolute Gasteiger partial charge is 0.157 e. The molecule has 86 valence electrons. The Morgan fingerprint density at radius 3 is 2.81 bits per heavy atom. The molecular formula is C11H16N4O. The lowest BCUT2D eigenvalue weighted by atomic mass is 10.4. The van der Waals surface area contributed by atoms with Crippen molar-refractivity contribution in [2.24, 2.45) is 7.05 Å². The van der Waals surface area contributed by atoms with Gasteiger partial charge in [0.25, 0.3) is 0 Å². The van der Waals surface area contributed by atoms with Crippen molar-refractivity contribution in [1.82, 2.24) is 19.3 Å². The van der Waals surface area contributed by atoms with Gasteiger partial charge in [0, 0.05) is 25.5 Å². The van der Waals surface area contributed by atoms with Crippen LogP contribution in [-0.4, -0.2) is 19.3 Å². The number of imidazole rings is 1. The Bertz CT molecular complexity index is 458. The van der Waals surface area contributed by atoms with Crippen molar-refractivity contribution in [3.05, 3.63) is 30.6 Å². The van der Waals surface area contributed by atoms with Crippen LogP contribution in [0.25, 0.3) is 0 Å². The first kappa shape index (κ1) is 10.7. The van der Waals surface area contributed by atoms with Gasteiger partial charge in [0.05, 0.1) is 12.4 Å². The van der Waals surface area contributed by atoms with Gasteiger partial charge in [0.2, 0.25) is 0 Å². The normalized spacial score (nSPS) is 11.0. The fourth-order valence-electron chi connectivity index (χ4n) is 1.36. The molecule has 0 saturated heterocycles. The van der Waals surface area contributed by atoms with Gasteiger partial charge in [-0.1, -0.05) is 0 Å². The minimum atomic E-state index is 0.352. The van der Waals surface area contributed by atoms with E-state index in [9.17, 15) is 0 Å². The maximum absolute atomic E-state index is 5.60. The van der Waals surface area contributed by atoms with Crippen LogP contribution >= 0.6 is 0 Å². The van der Waals surface area contributed by atoms with Crippen molar-refractivity contribution in [1.29, 1.82) is 0 Å². The second-order valence-electron chi connectivity index (χ2n) is 3.99. The summed E-state index contributed by atoms with van der Waals surface area (Å²) >= 11 is 0. The second-order valence-corrected chi connectivity index (χ2v) is 3.99. The van der Waals surface area contributed by atoms with E-state index in [-0.39, 0.29) is 0 Å². The van der Waals surface area contributed by atoms with Crippen LogP contribution in [-0.2, 0) is 13.7 Å². The number of aromatic nitrogens is 4. The van der Waals surface area contributed by atoms with Crippen LogP contribution in [0.3, 0.4) is 0 Å². The van der Waals surface area contributed by atoms with Crippen molar-refractivity contribution in [3.63, 3.8) is 0 Å². The van der Waals surface area contributed by atoms with E-state index in [2.05, 4.69) is 23.9 Å². The first-order chi connectivity index (χ1) is 7.66. The van der Waals surface area contributed by atoms with Crippen LogP contribution in [0.4, 0.5) is 0 Å². The Labute approximate surface area is 94.7 Å². The summed E-state index contributed by atoms with van der Waals surface area (Å²) in [5, 5.41) is 4.20. The van der Waals surface area contributed by atoms with Gasteiger partial charge in [-0.2, -0.15) is 5.10 Å². The summed E-state index contributed by atoms with van der Waals surface area (Å²) in [7, 11) is 1.95. The monoisotopic (exact) mass is 220 g/mol. The summed E-state index contributed by atoms with van der Waals surface area (Å²) in [4.78, 5) is 4.18. The van der Waals surface area contributed by atoms with E-state index in [0.717, 1.165) is 11.6 Å². The van der Waals surface area contributed by atoms with Crippen LogP contribution in [0.2, 0.25) is 0 Å². The molecule has 0 radical (unpaired) electrons. The Morgan fingerprint density at radius 1 is 1.44 bits per heavy atom. The fourth-order valence-corrected chi connectivity index (χ4v) is 1.36. The lowest BCUT2D eigenvalue weighted by molar-refractivity contribution is 0.291. The van der Waals surface area contributed by atoms with Gasteiger partial charge in [-0.15, -0.1) is 0 Å². The van der Waals surface area contributed by atoms with E-state index in [0.29, 0.717) is 12.6 Å². The predicted molar refractivity (Wildman–Crippen MR) is 60.2 cm³/mol. The molecule has 2 heterocycles. The highest BCUT2D eigenvalue weighted by Gasteiger charge is 2.04. The third-order valence-corrected chi connectivity index (χ3v) is 2.40. The van der Waals surface area contributed by atoms with Crippen LogP contribution in [0.5, 0.6) is 5.75 Å². The molecule has 2 rings (SSSR count). The van der Waals surface area contributed by atoms with Gasteiger partial charge in [0.1, 0.15) is 12.4 Å². The van der Waals surface area contributed by atoms with Crippen LogP contribution in [0, 0.1) is 0 Å². The number of hydrogen-bond acceptors (Lipinski definition) is 3. The SMILES string of the molecule is CC(C)n1cc(OCc2nccn2C)cn1. The molecule has 16 heavy (non-hydrogen) atoms. The van der Waals surface area contributed by atoms with E-state index in [4.69, 9.17) is 4.74 Å². The van der Waals surface area contributed by atoms with Gasteiger partial charge < -0.3 is 9.30 Å². The molecular weight excluding hydrogens is 204 g/mol. The Kier molecular flexibility index (Phi) is 2.94. The zero-order chi connectivity index (χ0) is 11.5. The second kappa shape index (κ2) is 4.38. The zero-order valence-corrected chi connectivity index (χ0v) is 9.79. The summed E-state index contributed by atoms with van der Waals surface area (Å²) in [6.45, 7) is 4.62. The number of hydrogen-bond donors (Lipinski definition) is 0. The Morgan fingerprint density at radius 2 is 2.25 bits per heavy atom. The van der Waals surface area contributed by atoms with Gasteiger partial charge in [-0.25, -0.2) is 4.98 Å². The first-order valence-electron chi connectivity index (χ1n) is 5.30. The average Bonchev–Trinajstić information content (AvgIpc) is 2.83. The third-order valence-electron chi connectivity index (χ3n) is 2.40. The molecule has 0 amide bonds. The zero-order valence-electron chi connectivity index (χ0n) is 9.79. The molecule has 5 nitrogen and oxygen atoms in total. The molecule has 0 spiro atoms. The quantitative estimate of drug-likeness (QED) is 0.789. The third kappa shape index (κ3) is 2.24. The molecule has 0 saturated carbocycles. The van der Waals surface area contributed by atoms with E-state index in [1.807, 2.05) is 28.7 Å². The maximum Gasteiger partial charge on any atom is 0.157 e. The average molecular weight is 220 g/mol. The van der Waals surface area contributed by atoms with E-state index >= 15 is 0 Å². The van der Waals surface area contributed by atoms with Crippen molar-refractivity contribution < 1.29 is 4.74 Å². The van der Waals surface area contributed by atoms with Crippen molar-refractivity contribution in [2.75, 3.05) is 0 Å². The number of rotatable bonds is 4. The topological polar surface area (TPSA) is 44.9 Å². The van der Waals surface area contributed by atoms with Gasteiger partial charge in [-0.3, -0.25) is 4.68 Å². The number of aryl methyl sites for hydroxylation is 1. The van der Waals surface area contributed by atoms with Crippen molar-refractivity contribution >= 4 is 0 Å². The molecule has 0 bridgehead atoms. The van der Waals surface area contributed by atoms with Crippen LogP contribution in [0.1, 0.15) is 25.7 Å². The molecule has 0 unspecified atom stereocenters. The standard InChI is InChI=1S/C11H16N4O/c1-9(2)15-7-10(6-13-15)16-8-11-12-4-5-14(11)3/h4-7,9H,8H2,1-3H3. The van der Waals surface area contributed by atoms with Crippen LogP contribution in [0.15, 0.2) is 24.8 Å². The maximum atomic E-state index is 5.60. The molecule has 2 aromatic rings. The van der Waals surface area contributed by atoms with E-state index in [1.54, 1.807) is 12.4 Å². The molecule has 5 heteroatoms. The van der Waals surface area contributed by atoms with Crippen molar-refractivity contribution in [3.8, 4) is 5.75 Å². The number of nitrogens with zero attached hydrogens (tertiary/aromatic N) is 4. The molecule has 0 aromatic carbocycles. The molecule has 0 aliphatic heterocycles. The molecule has 0 aliphatic rings. The minimum absolute atomic E-state index is 0.352. The molecule has 0 fully saturated rings. The largest absolute Gasteiger partial charge is 0.482 e. The lowest BCUT2D eigenvalue weighted by Crippen LogP contribution is -2.03. The summed E-state index contributed by atoms with van der Waals surface area (Å²) in [6.07, 6.45) is 7.28. The summed E-state index contributed by atoms with van der Waals surface area (Å²) in [5.74, 6) is 1.67. The molecule has 0 aliphatic carbocycles. The Balaban J connectivity index is 1.97. The fraction of sp³-hybridized carbons (Fsp3) is 0.455. The van der Waals surface area contributed by atoms with E-state index in [1.165, 1.54) is 0 Å². The minimum Gasteiger partial charge on any atom is -0.482 e. The summed E-state index contributed by atoms with van der Waals surface area (Å²) in [5.41, 5.74) is 0. The molecule has 0 atom stereocenters. The molecule has 2 aromatic heterocycles. The predicted octanol–water partition coefficient (Wildman–Crippen LogP) is 1.78. The van der Waals surface area contributed by atoms with Gasteiger partial charge in [0.15, 0.2) is 5.75 Å². The first-order valence-corrected chi connectivity index (χ1v) is 5.30. The van der Waals surface area contributed by atoms with Gasteiger partial charge in [-0.05, 0) is 13.8 Å². The lowest BCUT2D eigenvalue weighted by Gasteiger charge is -2.04. The highest BCUT2D eigenvalue weighted by Crippen LogP contribution is 2.13. The van der Waals surface area contributed by atoms with Gasteiger partial charge >= 0.3 is 0 Å². The number of ether oxygens (including phenoxy) is 1. The highest BCUT2D eigenvalue weighted by atomic mass is 16.5. The highest BCUT2D eigenvalue weighted by molar-refractivity contribution is 5.12. The van der Waals surface area contributed by atoms with Crippen LogP contribution < -0.4 is 4.74 Å². The van der Waals surface area contributed by atoms with Crippen molar-refractivity contribution in [2.45, 2.75) is 26.5 Å².